The van der Waals surface area contributed by atoms with Gasteiger partial charge in [0.15, 0.2) is 0 Å². The Hall–Kier alpha value is -3.02. The van der Waals surface area contributed by atoms with Crippen molar-refractivity contribution in [3.8, 4) is 17.2 Å². The number of hydrogen-bond acceptors (Lipinski definition) is 5. The van der Waals surface area contributed by atoms with E-state index in [9.17, 15) is 14.0 Å². The molecule has 9 heteroatoms. The van der Waals surface area contributed by atoms with Crippen molar-refractivity contribution in [2.45, 2.75) is 24.8 Å². The van der Waals surface area contributed by atoms with E-state index in [0.29, 0.717) is 28.4 Å². The molecule has 0 bridgehead atoms. The molecule has 1 fully saturated rings. The predicted molar refractivity (Wildman–Crippen MR) is 112 cm³/mol. The number of nitrogens with one attached hydrogen (secondary N) is 2. The molecule has 0 atom stereocenters. The van der Waals surface area contributed by atoms with Crippen LogP contribution >= 0.6 is 22.9 Å². The Balaban J connectivity index is 1.42. The summed E-state index contributed by atoms with van der Waals surface area (Å²) >= 11 is 7.73. The largest absolute Gasteiger partial charge is 0.347 e. The maximum atomic E-state index is 13.2. The van der Waals surface area contributed by atoms with Gasteiger partial charge in [0.2, 0.25) is 11.8 Å². The highest BCUT2D eigenvalue weighted by molar-refractivity contribution is 7.18. The van der Waals surface area contributed by atoms with Crippen molar-refractivity contribution in [3.05, 3.63) is 52.2 Å². The zero-order chi connectivity index (χ0) is 21.3. The standard InChI is InChI=1S/C21H16ClFN4O2S/c22-15-8-17-16(7-14(15)12-1-3-13(23)4-2-12)26-20(30-17)9-18(28)25-10-19(29)27-21(11-24)5-6-21/h1-4,7-8H,5-6,9-10H2,(H,25,28)(H,27,29). The second kappa shape index (κ2) is 8.01. The molecule has 6 nitrogen and oxygen atoms in total. The average molecular weight is 443 g/mol. The molecule has 0 spiro atoms. The molecule has 0 unspecified atom stereocenters. The minimum absolute atomic E-state index is 0.0273. The van der Waals surface area contributed by atoms with Gasteiger partial charge in [0.1, 0.15) is 16.4 Å². The molecule has 0 radical (unpaired) electrons. The van der Waals surface area contributed by atoms with Crippen LogP contribution in [0, 0.1) is 17.1 Å². The molecule has 152 valence electrons. The van der Waals surface area contributed by atoms with E-state index in [1.165, 1.54) is 23.5 Å². The molecule has 1 saturated carbocycles. The molecule has 3 aromatic rings. The van der Waals surface area contributed by atoms with Gasteiger partial charge >= 0.3 is 0 Å². The molecule has 2 amide bonds. The third-order valence-corrected chi connectivity index (χ3v) is 6.11. The molecule has 2 N–H and O–H groups in total. The van der Waals surface area contributed by atoms with Gasteiger partial charge in [-0.15, -0.1) is 11.3 Å². The Bertz CT molecular complexity index is 1180. The first kappa shape index (κ1) is 20.3. The summed E-state index contributed by atoms with van der Waals surface area (Å²) in [5.41, 5.74) is 1.44. The number of rotatable bonds is 6. The van der Waals surface area contributed by atoms with Crippen LogP contribution < -0.4 is 10.6 Å². The number of aromatic nitrogens is 1. The normalized spacial score (nSPS) is 14.2. The Morgan fingerprint density at radius 2 is 1.97 bits per heavy atom. The SMILES string of the molecule is N#CC1(NC(=O)CNC(=O)Cc2nc3cc(-c4ccc(F)cc4)c(Cl)cc3s2)CC1. The smallest absolute Gasteiger partial charge is 0.240 e. The van der Waals surface area contributed by atoms with Crippen LogP contribution in [-0.4, -0.2) is 28.9 Å². The van der Waals surface area contributed by atoms with Crippen molar-refractivity contribution in [1.29, 1.82) is 5.26 Å². The van der Waals surface area contributed by atoms with Gasteiger partial charge < -0.3 is 10.6 Å². The van der Waals surface area contributed by atoms with E-state index in [-0.39, 0.29) is 30.6 Å². The molecule has 2 aromatic carbocycles. The number of benzene rings is 2. The predicted octanol–water partition coefficient (Wildman–Crippen LogP) is 3.59. The van der Waals surface area contributed by atoms with Crippen molar-refractivity contribution in [1.82, 2.24) is 15.6 Å². The van der Waals surface area contributed by atoms with E-state index in [0.717, 1.165) is 15.8 Å². The number of hydrogen-bond donors (Lipinski definition) is 2. The molecule has 1 heterocycles. The first-order valence-corrected chi connectivity index (χ1v) is 10.4. The lowest BCUT2D eigenvalue weighted by Crippen LogP contribution is -2.43. The second-order valence-corrected chi connectivity index (χ2v) is 8.63. The fourth-order valence-corrected chi connectivity index (χ4v) is 4.33. The van der Waals surface area contributed by atoms with E-state index in [1.807, 2.05) is 6.07 Å². The molecular weight excluding hydrogens is 427 g/mol. The number of fused-ring (bicyclic) bond motifs is 1. The lowest BCUT2D eigenvalue weighted by Gasteiger charge is -2.09. The van der Waals surface area contributed by atoms with E-state index in [1.54, 1.807) is 18.2 Å². The topological polar surface area (TPSA) is 94.9 Å². The summed E-state index contributed by atoms with van der Waals surface area (Å²) in [5.74, 6) is -1.05. The van der Waals surface area contributed by atoms with Crippen LogP contribution in [0.5, 0.6) is 0 Å². The summed E-state index contributed by atoms with van der Waals surface area (Å²) in [5, 5.41) is 15.3. The van der Waals surface area contributed by atoms with Gasteiger partial charge in [-0.25, -0.2) is 9.37 Å². The Kier molecular flexibility index (Phi) is 5.41. The summed E-state index contributed by atoms with van der Waals surface area (Å²) in [6, 6.07) is 11.7. The van der Waals surface area contributed by atoms with Gasteiger partial charge in [-0.05, 0) is 42.7 Å². The highest BCUT2D eigenvalue weighted by Crippen LogP contribution is 2.35. The van der Waals surface area contributed by atoms with Gasteiger partial charge in [-0.3, -0.25) is 9.59 Å². The van der Waals surface area contributed by atoms with E-state index < -0.39 is 5.54 Å². The van der Waals surface area contributed by atoms with E-state index in [2.05, 4.69) is 21.7 Å². The fourth-order valence-electron chi connectivity index (χ4n) is 3.00. The van der Waals surface area contributed by atoms with Gasteiger partial charge in [0.05, 0.1) is 29.3 Å². The van der Waals surface area contributed by atoms with E-state index in [4.69, 9.17) is 16.9 Å². The average Bonchev–Trinajstić information content (AvgIpc) is 3.38. The summed E-state index contributed by atoms with van der Waals surface area (Å²) < 4.78 is 14.0. The van der Waals surface area contributed by atoms with Gasteiger partial charge in [0, 0.05) is 10.6 Å². The van der Waals surface area contributed by atoms with Crippen LogP contribution in [0.3, 0.4) is 0 Å². The van der Waals surface area contributed by atoms with Crippen molar-refractivity contribution < 1.29 is 14.0 Å². The Morgan fingerprint density at radius 1 is 1.23 bits per heavy atom. The third-order valence-electron chi connectivity index (χ3n) is 4.78. The van der Waals surface area contributed by atoms with Gasteiger partial charge in [-0.2, -0.15) is 5.26 Å². The number of carbonyl (C=O) groups is 2. The molecule has 1 aromatic heterocycles. The molecule has 1 aliphatic rings. The maximum Gasteiger partial charge on any atom is 0.240 e. The quantitative estimate of drug-likeness (QED) is 0.610. The minimum atomic E-state index is -0.754. The summed E-state index contributed by atoms with van der Waals surface area (Å²) in [6.45, 7) is -0.187. The van der Waals surface area contributed by atoms with Crippen molar-refractivity contribution >= 4 is 45.0 Å². The van der Waals surface area contributed by atoms with Crippen molar-refractivity contribution in [3.63, 3.8) is 0 Å². The Labute approximate surface area is 180 Å². The van der Waals surface area contributed by atoms with Crippen LogP contribution in [0.2, 0.25) is 5.02 Å². The highest BCUT2D eigenvalue weighted by atomic mass is 35.5. The van der Waals surface area contributed by atoms with Crippen LogP contribution in [0.15, 0.2) is 36.4 Å². The molecule has 4 rings (SSSR count). The molecule has 30 heavy (non-hydrogen) atoms. The molecular formula is C21H16ClFN4O2S. The molecule has 0 saturated heterocycles. The van der Waals surface area contributed by atoms with Crippen molar-refractivity contribution in [2.75, 3.05) is 6.54 Å². The minimum Gasteiger partial charge on any atom is -0.347 e. The van der Waals surface area contributed by atoms with E-state index >= 15 is 0 Å². The van der Waals surface area contributed by atoms with Gasteiger partial charge in [-0.1, -0.05) is 23.7 Å². The number of nitrogens with zero attached hydrogens (tertiary/aromatic N) is 2. The first-order valence-electron chi connectivity index (χ1n) is 9.21. The lowest BCUT2D eigenvalue weighted by atomic mass is 10.1. The summed E-state index contributed by atoms with van der Waals surface area (Å²) in [6.07, 6.45) is 1.30. The monoisotopic (exact) mass is 442 g/mol. The van der Waals surface area contributed by atoms with Crippen LogP contribution in [0.25, 0.3) is 21.3 Å². The lowest BCUT2D eigenvalue weighted by molar-refractivity contribution is -0.126. The zero-order valence-electron chi connectivity index (χ0n) is 15.7. The number of thiazole rings is 1. The van der Waals surface area contributed by atoms with Crippen LogP contribution in [0.1, 0.15) is 17.8 Å². The maximum absolute atomic E-state index is 13.2. The number of halogens is 2. The molecule has 1 aliphatic carbocycles. The number of amides is 2. The number of carbonyl (C=O) groups excluding carboxylic acids is 2. The summed E-state index contributed by atoms with van der Waals surface area (Å²) in [7, 11) is 0. The zero-order valence-corrected chi connectivity index (χ0v) is 17.2. The second-order valence-electron chi connectivity index (χ2n) is 7.11. The first-order chi connectivity index (χ1) is 14.4. The molecule has 0 aliphatic heterocycles. The van der Waals surface area contributed by atoms with Crippen LogP contribution in [-0.2, 0) is 16.0 Å². The fraction of sp³-hybridized carbons (Fsp3) is 0.238. The van der Waals surface area contributed by atoms with Gasteiger partial charge in [0.25, 0.3) is 0 Å². The number of nitriles is 1. The van der Waals surface area contributed by atoms with Crippen molar-refractivity contribution in [2.24, 2.45) is 0 Å². The van der Waals surface area contributed by atoms with Crippen LogP contribution in [0.4, 0.5) is 4.39 Å². The summed E-state index contributed by atoms with van der Waals surface area (Å²) in [4.78, 5) is 28.5. The highest BCUT2D eigenvalue weighted by Gasteiger charge is 2.44. The third kappa shape index (κ3) is 4.42. The Morgan fingerprint density at radius 3 is 2.63 bits per heavy atom.